The summed E-state index contributed by atoms with van der Waals surface area (Å²) in [4.78, 5) is 12.4. The number of amides is 1. The van der Waals surface area contributed by atoms with Crippen molar-refractivity contribution in [1.82, 2.24) is 10.6 Å². The highest BCUT2D eigenvalue weighted by atomic mass is 16.5. The number of benzene rings is 1. The number of carbonyl (C=O) groups is 1. The number of hydrogen-bond acceptors (Lipinski definition) is 4. The highest BCUT2D eigenvalue weighted by Gasteiger charge is 2.57. The zero-order valence-electron chi connectivity index (χ0n) is 13.8. The Morgan fingerprint density at radius 1 is 1.43 bits per heavy atom. The van der Waals surface area contributed by atoms with Gasteiger partial charge >= 0.3 is 0 Å². The van der Waals surface area contributed by atoms with E-state index in [4.69, 9.17) is 10.00 Å². The van der Waals surface area contributed by atoms with Crippen molar-refractivity contribution >= 4 is 5.91 Å². The Morgan fingerprint density at radius 3 is 2.74 bits per heavy atom. The maximum Gasteiger partial charge on any atom is 0.224 e. The number of ether oxygens (including phenoxy) is 1. The highest BCUT2D eigenvalue weighted by Crippen LogP contribution is 2.48. The first-order valence-corrected chi connectivity index (χ1v) is 8.07. The molecule has 1 aromatic rings. The molecule has 23 heavy (non-hydrogen) atoms. The van der Waals surface area contributed by atoms with Crippen LogP contribution >= 0.6 is 0 Å². The average Bonchev–Trinajstić information content (AvgIpc) is 2.99. The number of piperidine rings is 1. The number of nitrogens with zero attached hydrogens (tertiary/aromatic N) is 1. The minimum atomic E-state index is -0.429. The molecule has 2 unspecified atom stereocenters. The molecule has 1 saturated heterocycles. The van der Waals surface area contributed by atoms with Crippen molar-refractivity contribution in [3.8, 4) is 11.8 Å². The van der Waals surface area contributed by atoms with Gasteiger partial charge in [0, 0.05) is 5.92 Å². The topological polar surface area (TPSA) is 74.1 Å². The molecule has 0 spiro atoms. The first-order chi connectivity index (χ1) is 10.9. The fraction of sp³-hybridized carbons (Fsp3) is 0.556. The van der Waals surface area contributed by atoms with Crippen LogP contribution in [0.2, 0.25) is 0 Å². The lowest BCUT2D eigenvalue weighted by molar-refractivity contribution is -0.125. The van der Waals surface area contributed by atoms with Gasteiger partial charge < -0.3 is 15.4 Å². The first kappa shape index (κ1) is 15.8. The van der Waals surface area contributed by atoms with E-state index in [0.717, 1.165) is 24.4 Å². The summed E-state index contributed by atoms with van der Waals surface area (Å²) in [6, 6.07) is 7.47. The number of aryl methyl sites for hydroxylation is 1. The second kappa shape index (κ2) is 5.86. The van der Waals surface area contributed by atoms with E-state index in [2.05, 4.69) is 16.7 Å². The number of rotatable bonds is 5. The predicted molar refractivity (Wildman–Crippen MR) is 87.0 cm³/mol. The quantitative estimate of drug-likeness (QED) is 0.866. The van der Waals surface area contributed by atoms with E-state index >= 15 is 0 Å². The molecule has 1 aliphatic heterocycles. The Bertz CT molecular complexity index is 653. The van der Waals surface area contributed by atoms with Gasteiger partial charge in [-0.05, 0) is 69.5 Å². The second-order valence-electron chi connectivity index (χ2n) is 7.27. The summed E-state index contributed by atoms with van der Waals surface area (Å²) in [5.41, 5.74) is 1.12. The molecular weight excluding hydrogens is 290 g/mol. The number of nitriles is 1. The van der Waals surface area contributed by atoms with E-state index in [-0.39, 0.29) is 11.8 Å². The summed E-state index contributed by atoms with van der Waals surface area (Å²) < 4.78 is 5.86. The molecule has 1 aliphatic carbocycles. The predicted octanol–water partition coefficient (Wildman–Crippen LogP) is 1.61. The van der Waals surface area contributed by atoms with Crippen LogP contribution in [0.4, 0.5) is 0 Å². The number of nitrogens with one attached hydrogen (secondary N) is 2. The third-order valence-corrected chi connectivity index (χ3v) is 4.75. The molecule has 1 heterocycles. The first-order valence-electron chi connectivity index (χ1n) is 8.07. The summed E-state index contributed by atoms with van der Waals surface area (Å²) in [7, 11) is 0. The molecule has 2 aliphatic rings. The standard InChI is InChI=1S/C18H23N3O2/c1-11-6-12(7-19)4-5-15(11)23-10-18(2,3)21-17(22)16-13-8-20-9-14(13)16/h4-6,13-14,16,20H,8-10H2,1-3H3,(H,21,22). The smallest absolute Gasteiger partial charge is 0.224 e. The van der Waals surface area contributed by atoms with Crippen LogP contribution in [0.15, 0.2) is 18.2 Å². The van der Waals surface area contributed by atoms with Crippen molar-refractivity contribution in [3.63, 3.8) is 0 Å². The third-order valence-electron chi connectivity index (χ3n) is 4.75. The highest BCUT2D eigenvalue weighted by molar-refractivity contribution is 5.83. The molecule has 0 aromatic heterocycles. The number of hydrogen-bond donors (Lipinski definition) is 2. The molecule has 0 bridgehead atoms. The molecular formula is C18H23N3O2. The SMILES string of the molecule is Cc1cc(C#N)ccc1OCC(C)(C)NC(=O)C1C2CNCC21. The van der Waals surface area contributed by atoms with Gasteiger partial charge in [-0.25, -0.2) is 0 Å². The van der Waals surface area contributed by atoms with E-state index in [0.29, 0.717) is 24.0 Å². The van der Waals surface area contributed by atoms with Crippen LogP contribution in [0, 0.1) is 36.0 Å². The van der Waals surface area contributed by atoms with E-state index in [9.17, 15) is 4.79 Å². The van der Waals surface area contributed by atoms with Crippen LogP contribution in [-0.2, 0) is 4.79 Å². The van der Waals surface area contributed by atoms with Crippen LogP contribution in [0.3, 0.4) is 0 Å². The van der Waals surface area contributed by atoms with Gasteiger partial charge in [-0.15, -0.1) is 0 Å². The normalized spacial score (nSPS) is 25.4. The third kappa shape index (κ3) is 3.32. The lowest BCUT2D eigenvalue weighted by Crippen LogP contribution is -2.49. The average molecular weight is 313 g/mol. The van der Waals surface area contributed by atoms with Crippen LogP contribution in [-0.4, -0.2) is 31.1 Å². The molecule has 0 radical (unpaired) electrons. The van der Waals surface area contributed by atoms with Gasteiger partial charge in [-0.3, -0.25) is 4.79 Å². The molecule has 1 aromatic carbocycles. The summed E-state index contributed by atoms with van der Waals surface area (Å²) in [5, 5.41) is 15.3. The van der Waals surface area contributed by atoms with Gasteiger partial charge in [0.15, 0.2) is 0 Å². The van der Waals surface area contributed by atoms with E-state index < -0.39 is 5.54 Å². The molecule has 122 valence electrons. The van der Waals surface area contributed by atoms with E-state index in [1.54, 1.807) is 12.1 Å². The molecule has 2 atom stereocenters. The van der Waals surface area contributed by atoms with Crippen molar-refractivity contribution in [1.29, 1.82) is 5.26 Å². The van der Waals surface area contributed by atoms with Crippen LogP contribution in [0.5, 0.6) is 5.75 Å². The molecule has 1 saturated carbocycles. The van der Waals surface area contributed by atoms with Crippen molar-refractivity contribution in [3.05, 3.63) is 29.3 Å². The fourth-order valence-corrected chi connectivity index (χ4v) is 3.40. The lowest BCUT2D eigenvalue weighted by atomic mass is 10.1. The monoisotopic (exact) mass is 313 g/mol. The summed E-state index contributed by atoms with van der Waals surface area (Å²) in [5.74, 6) is 2.11. The zero-order valence-corrected chi connectivity index (χ0v) is 13.8. The van der Waals surface area contributed by atoms with Crippen molar-refractivity contribution < 1.29 is 9.53 Å². The van der Waals surface area contributed by atoms with Gasteiger partial charge in [0.05, 0.1) is 17.2 Å². The minimum Gasteiger partial charge on any atom is -0.491 e. The number of fused-ring (bicyclic) bond motifs is 1. The van der Waals surface area contributed by atoms with Gasteiger partial charge in [0.25, 0.3) is 0 Å². The molecule has 2 N–H and O–H groups in total. The maximum absolute atomic E-state index is 12.4. The molecule has 2 fully saturated rings. The summed E-state index contributed by atoms with van der Waals surface area (Å²) in [6.07, 6.45) is 0. The van der Waals surface area contributed by atoms with Crippen molar-refractivity contribution in [2.24, 2.45) is 17.8 Å². The van der Waals surface area contributed by atoms with Gasteiger partial charge in [-0.2, -0.15) is 5.26 Å². The summed E-state index contributed by atoms with van der Waals surface area (Å²) in [6.45, 7) is 8.18. The van der Waals surface area contributed by atoms with Crippen LogP contribution < -0.4 is 15.4 Å². The maximum atomic E-state index is 12.4. The van der Waals surface area contributed by atoms with Gasteiger partial charge in [0.2, 0.25) is 5.91 Å². The largest absolute Gasteiger partial charge is 0.491 e. The van der Waals surface area contributed by atoms with Crippen molar-refractivity contribution in [2.75, 3.05) is 19.7 Å². The van der Waals surface area contributed by atoms with Gasteiger partial charge in [-0.1, -0.05) is 0 Å². The minimum absolute atomic E-state index is 0.145. The van der Waals surface area contributed by atoms with Gasteiger partial charge in [0.1, 0.15) is 12.4 Å². The van der Waals surface area contributed by atoms with Crippen LogP contribution in [0.1, 0.15) is 25.0 Å². The number of carbonyl (C=O) groups excluding carboxylic acids is 1. The summed E-state index contributed by atoms with van der Waals surface area (Å²) >= 11 is 0. The second-order valence-corrected chi connectivity index (χ2v) is 7.27. The zero-order chi connectivity index (χ0) is 16.6. The molecule has 3 rings (SSSR count). The lowest BCUT2D eigenvalue weighted by Gasteiger charge is -2.27. The van der Waals surface area contributed by atoms with Crippen LogP contribution in [0.25, 0.3) is 0 Å². The Kier molecular flexibility index (Phi) is 4.03. The molecule has 1 amide bonds. The molecule has 5 heteroatoms. The Balaban J connectivity index is 1.54. The van der Waals surface area contributed by atoms with E-state index in [1.807, 2.05) is 26.8 Å². The fourth-order valence-electron chi connectivity index (χ4n) is 3.40. The van der Waals surface area contributed by atoms with Crippen molar-refractivity contribution in [2.45, 2.75) is 26.3 Å². The van der Waals surface area contributed by atoms with E-state index in [1.165, 1.54) is 0 Å². The Morgan fingerprint density at radius 2 is 2.13 bits per heavy atom. The molecule has 5 nitrogen and oxygen atoms in total. The Labute approximate surface area is 137 Å². The Hall–Kier alpha value is -2.06.